The normalized spacial score (nSPS) is 13.4. The Morgan fingerprint density at radius 1 is 1.41 bits per heavy atom. The molecule has 1 unspecified atom stereocenters. The van der Waals surface area contributed by atoms with Gasteiger partial charge in [0, 0.05) is 12.5 Å². The predicted molar refractivity (Wildman–Crippen MR) is 67.4 cm³/mol. The zero-order chi connectivity index (χ0) is 13.1. The van der Waals surface area contributed by atoms with E-state index < -0.39 is 11.9 Å². The second kappa shape index (κ2) is 5.32. The maximum atomic E-state index is 11.1. The molecule has 1 N–H and O–H groups in total. The van der Waals surface area contributed by atoms with Gasteiger partial charge in [-0.3, -0.25) is 4.79 Å². The van der Waals surface area contributed by atoms with E-state index in [0.29, 0.717) is 6.61 Å². The molecule has 94 valence electrons. The van der Waals surface area contributed by atoms with Crippen LogP contribution in [0.15, 0.2) is 24.3 Å². The molecule has 0 radical (unpaired) electrons. The van der Waals surface area contributed by atoms with E-state index in [1.54, 1.807) is 14.0 Å². The highest BCUT2D eigenvalue weighted by Crippen LogP contribution is 2.31. The molecule has 0 heterocycles. The fraction of sp³-hybridized carbons (Fsp3) is 0.500. The van der Waals surface area contributed by atoms with Crippen molar-refractivity contribution in [3.8, 4) is 0 Å². The highest BCUT2D eigenvalue weighted by molar-refractivity contribution is 5.76. The summed E-state index contributed by atoms with van der Waals surface area (Å²) in [6, 6.07) is 7.67. The lowest BCUT2D eigenvalue weighted by molar-refractivity contribution is -0.138. The van der Waals surface area contributed by atoms with Crippen molar-refractivity contribution < 1.29 is 14.6 Å². The third-order valence-corrected chi connectivity index (χ3v) is 3.03. The smallest absolute Gasteiger partial charge is 0.310 e. The van der Waals surface area contributed by atoms with E-state index in [1.807, 2.05) is 24.3 Å². The number of methoxy groups -OCH3 is 1. The minimum Gasteiger partial charge on any atom is -0.481 e. The van der Waals surface area contributed by atoms with Crippen LogP contribution in [0.4, 0.5) is 0 Å². The van der Waals surface area contributed by atoms with E-state index in [0.717, 1.165) is 11.1 Å². The van der Waals surface area contributed by atoms with Crippen LogP contribution in [0.25, 0.3) is 0 Å². The fourth-order valence-electron chi connectivity index (χ4n) is 2.06. The largest absolute Gasteiger partial charge is 0.481 e. The molecule has 3 heteroatoms. The molecule has 0 saturated carbocycles. The van der Waals surface area contributed by atoms with Crippen LogP contribution in [0.5, 0.6) is 0 Å². The Kier molecular flexibility index (Phi) is 4.29. The number of aliphatic carboxylic acids is 1. The number of benzene rings is 1. The van der Waals surface area contributed by atoms with Crippen LogP contribution < -0.4 is 0 Å². The highest BCUT2D eigenvalue weighted by atomic mass is 16.5. The lowest BCUT2D eigenvalue weighted by atomic mass is 9.79. The summed E-state index contributed by atoms with van der Waals surface area (Å²) >= 11 is 0. The Hall–Kier alpha value is -1.35. The molecule has 1 aromatic rings. The zero-order valence-corrected chi connectivity index (χ0v) is 10.9. The Morgan fingerprint density at radius 3 is 2.53 bits per heavy atom. The number of hydrogen-bond donors (Lipinski definition) is 1. The minimum atomic E-state index is -0.800. The molecule has 1 aromatic carbocycles. The Morgan fingerprint density at radius 2 is 2.00 bits per heavy atom. The molecule has 1 atom stereocenters. The first-order chi connectivity index (χ1) is 7.90. The van der Waals surface area contributed by atoms with Gasteiger partial charge in [0.2, 0.25) is 0 Å². The van der Waals surface area contributed by atoms with Crippen LogP contribution in [0, 0.1) is 0 Å². The maximum absolute atomic E-state index is 11.1. The molecule has 0 bridgehead atoms. The summed E-state index contributed by atoms with van der Waals surface area (Å²) < 4.78 is 5.21. The van der Waals surface area contributed by atoms with Crippen molar-refractivity contribution in [2.45, 2.75) is 32.1 Å². The van der Waals surface area contributed by atoms with Gasteiger partial charge in [-0.1, -0.05) is 38.1 Å². The molecule has 0 amide bonds. The fourth-order valence-corrected chi connectivity index (χ4v) is 2.06. The van der Waals surface area contributed by atoms with E-state index in [2.05, 4.69) is 13.8 Å². The molecule has 17 heavy (non-hydrogen) atoms. The van der Waals surface area contributed by atoms with Crippen molar-refractivity contribution in [3.63, 3.8) is 0 Å². The first kappa shape index (κ1) is 13.7. The molecule has 0 aliphatic carbocycles. The maximum Gasteiger partial charge on any atom is 0.310 e. The summed E-state index contributed by atoms with van der Waals surface area (Å²) in [6.07, 6.45) is 0. The summed E-state index contributed by atoms with van der Waals surface area (Å²) in [6.45, 7) is 6.40. The van der Waals surface area contributed by atoms with Gasteiger partial charge >= 0.3 is 5.97 Å². The van der Waals surface area contributed by atoms with E-state index in [1.165, 1.54) is 0 Å². The average Bonchev–Trinajstić information content (AvgIpc) is 2.28. The van der Waals surface area contributed by atoms with Gasteiger partial charge in [0.15, 0.2) is 0 Å². The number of carbonyl (C=O) groups is 1. The van der Waals surface area contributed by atoms with Gasteiger partial charge in [0.05, 0.1) is 12.5 Å². The number of carboxylic acid groups (broad SMARTS) is 1. The molecule has 0 saturated heterocycles. The van der Waals surface area contributed by atoms with Crippen molar-refractivity contribution in [1.29, 1.82) is 0 Å². The van der Waals surface area contributed by atoms with Crippen LogP contribution in [0.3, 0.4) is 0 Å². The molecule has 0 fully saturated rings. The quantitative estimate of drug-likeness (QED) is 0.855. The van der Waals surface area contributed by atoms with Crippen molar-refractivity contribution in [3.05, 3.63) is 35.4 Å². The minimum absolute atomic E-state index is 0.185. The first-order valence-electron chi connectivity index (χ1n) is 5.71. The van der Waals surface area contributed by atoms with Crippen molar-refractivity contribution >= 4 is 5.97 Å². The van der Waals surface area contributed by atoms with Gasteiger partial charge < -0.3 is 9.84 Å². The lowest BCUT2D eigenvalue weighted by Crippen LogP contribution is -2.26. The molecule has 0 aliphatic rings. The van der Waals surface area contributed by atoms with Crippen LogP contribution >= 0.6 is 0 Å². The molecule has 3 nitrogen and oxygen atoms in total. The number of rotatable bonds is 5. The lowest BCUT2D eigenvalue weighted by Gasteiger charge is -2.28. The van der Waals surface area contributed by atoms with Crippen LogP contribution in [0.2, 0.25) is 0 Å². The van der Waals surface area contributed by atoms with Gasteiger partial charge in [-0.15, -0.1) is 0 Å². The van der Waals surface area contributed by atoms with Crippen LogP contribution in [-0.4, -0.2) is 24.8 Å². The van der Waals surface area contributed by atoms with Crippen LogP contribution in [0.1, 0.15) is 37.8 Å². The van der Waals surface area contributed by atoms with Crippen molar-refractivity contribution in [1.82, 2.24) is 0 Å². The highest BCUT2D eigenvalue weighted by Gasteiger charge is 2.27. The third-order valence-electron chi connectivity index (χ3n) is 3.03. The third kappa shape index (κ3) is 3.07. The summed E-state index contributed by atoms with van der Waals surface area (Å²) in [5, 5.41) is 9.12. The topological polar surface area (TPSA) is 46.5 Å². The summed E-state index contributed by atoms with van der Waals surface area (Å²) in [4.78, 5) is 11.1. The summed E-state index contributed by atoms with van der Waals surface area (Å²) in [5.41, 5.74) is 1.72. The second-order valence-electron chi connectivity index (χ2n) is 4.96. The molecular formula is C14H20O3. The monoisotopic (exact) mass is 236 g/mol. The number of carboxylic acids is 1. The zero-order valence-electron chi connectivity index (χ0n) is 10.9. The van der Waals surface area contributed by atoms with E-state index in [-0.39, 0.29) is 5.41 Å². The van der Waals surface area contributed by atoms with Gasteiger partial charge in [0.1, 0.15) is 0 Å². The first-order valence-corrected chi connectivity index (χ1v) is 5.71. The van der Waals surface area contributed by atoms with E-state index >= 15 is 0 Å². The van der Waals surface area contributed by atoms with Crippen molar-refractivity contribution in [2.24, 2.45) is 0 Å². The molecule has 0 aliphatic heterocycles. The van der Waals surface area contributed by atoms with Gasteiger partial charge in [0.25, 0.3) is 0 Å². The van der Waals surface area contributed by atoms with Gasteiger partial charge in [-0.05, 0) is 18.1 Å². The SMILES string of the molecule is COCC(C)(C)c1ccccc1C(C)C(=O)O. The average molecular weight is 236 g/mol. The number of hydrogen-bond acceptors (Lipinski definition) is 2. The standard InChI is InChI=1S/C14H20O3/c1-10(13(15)16)11-7-5-6-8-12(11)14(2,3)9-17-4/h5-8,10H,9H2,1-4H3,(H,15,16). The van der Waals surface area contributed by atoms with Crippen LogP contribution in [-0.2, 0) is 14.9 Å². The van der Waals surface area contributed by atoms with E-state index in [9.17, 15) is 4.79 Å². The van der Waals surface area contributed by atoms with E-state index in [4.69, 9.17) is 9.84 Å². The molecule has 0 aromatic heterocycles. The van der Waals surface area contributed by atoms with Crippen molar-refractivity contribution in [2.75, 3.05) is 13.7 Å². The Balaban J connectivity index is 3.20. The number of ether oxygens (including phenoxy) is 1. The van der Waals surface area contributed by atoms with Gasteiger partial charge in [-0.2, -0.15) is 0 Å². The second-order valence-corrected chi connectivity index (χ2v) is 4.96. The predicted octanol–water partition coefficient (Wildman–Crippen LogP) is 2.80. The molecular weight excluding hydrogens is 216 g/mol. The molecule has 1 rings (SSSR count). The Labute approximate surface area is 102 Å². The summed E-state index contributed by atoms with van der Waals surface area (Å²) in [7, 11) is 1.66. The van der Waals surface area contributed by atoms with Gasteiger partial charge in [-0.25, -0.2) is 0 Å². The summed E-state index contributed by atoms with van der Waals surface area (Å²) in [5.74, 6) is -1.30. The Bertz CT molecular complexity index is 396. The molecule has 0 spiro atoms.